The largest absolute Gasteiger partial charge is 0.346 e. The summed E-state index contributed by atoms with van der Waals surface area (Å²) in [5.74, 6) is -1.57. The van der Waals surface area contributed by atoms with Gasteiger partial charge in [0.2, 0.25) is 0 Å². The number of carbonyl (C=O) groups excluding carboxylic acids is 3. The van der Waals surface area contributed by atoms with Gasteiger partial charge in [-0.2, -0.15) is 0 Å². The molecular formula is C15H18Cl2N4O3. The van der Waals surface area contributed by atoms with Crippen molar-refractivity contribution < 1.29 is 14.4 Å². The van der Waals surface area contributed by atoms with Crippen molar-refractivity contribution in [3.8, 4) is 0 Å². The molecule has 1 fully saturated rings. The quantitative estimate of drug-likeness (QED) is 0.624. The highest BCUT2D eigenvalue weighted by atomic mass is 35.5. The SMILES string of the molecule is CC(C)NC(=O)C(=O)N1CCN(C(=O)c2nc(Cl)ccc2Cl)CC1. The van der Waals surface area contributed by atoms with Gasteiger partial charge in [0.1, 0.15) is 10.8 Å². The zero-order valence-corrected chi connectivity index (χ0v) is 14.9. The minimum absolute atomic E-state index is 0.0847. The molecule has 1 N–H and O–H groups in total. The number of pyridine rings is 1. The monoisotopic (exact) mass is 372 g/mol. The lowest BCUT2D eigenvalue weighted by Crippen LogP contribution is -2.54. The highest BCUT2D eigenvalue weighted by molar-refractivity contribution is 6.35. The summed E-state index contributed by atoms with van der Waals surface area (Å²) in [7, 11) is 0. The van der Waals surface area contributed by atoms with Crippen LogP contribution in [0.5, 0.6) is 0 Å². The van der Waals surface area contributed by atoms with E-state index in [2.05, 4.69) is 10.3 Å². The fraction of sp³-hybridized carbons (Fsp3) is 0.467. The van der Waals surface area contributed by atoms with Gasteiger partial charge < -0.3 is 15.1 Å². The van der Waals surface area contributed by atoms with Gasteiger partial charge in [-0.05, 0) is 26.0 Å². The van der Waals surface area contributed by atoms with Crippen molar-refractivity contribution in [3.05, 3.63) is 28.0 Å². The van der Waals surface area contributed by atoms with Crippen LogP contribution in [0.3, 0.4) is 0 Å². The maximum Gasteiger partial charge on any atom is 0.312 e. The summed E-state index contributed by atoms with van der Waals surface area (Å²) in [6, 6.07) is 2.91. The molecule has 24 heavy (non-hydrogen) atoms. The van der Waals surface area contributed by atoms with Crippen molar-refractivity contribution in [3.63, 3.8) is 0 Å². The van der Waals surface area contributed by atoms with Crippen LogP contribution in [0.1, 0.15) is 24.3 Å². The minimum Gasteiger partial charge on any atom is -0.346 e. The van der Waals surface area contributed by atoms with Crippen molar-refractivity contribution in [1.82, 2.24) is 20.1 Å². The van der Waals surface area contributed by atoms with Gasteiger partial charge in [-0.3, -0.25) is 14.4 Å². The van der Waals surface area contributed by atoms with E-state index >= 15 is 0 Å². The van der Waals surface area contributed by atoms with Crippen LogP contribution in [0.15, 0.2) is 12.1 Å². The lowest BCUT2D eigenvalue weighted by molar-refractivity contribution is -0.147. The van der Waals surface area contributed by atoms with Gasteiger partial charge in [0.05, 0.1) is 5.02 Å². The van der Waals surface area contributed by atoms with Gasteiger partial charge in [0, 0.05) is 32.2 Å². The fourth-order valence-corrected chi connectivity index (χ4v) is 2.63. The number of rotatable bonds is 2. The van der Waals surface area contributed by atoms with E-state index < -0.39 is 11.8 Å². The first-order chi connectivity index (χ1) is 11.3. The zero-order valence-electron chi connectivity index (χ0n) is 13.4. The van der Waals surface area contributed by atoms with Crippen molar-refractivity contribution in [2.75, 3.05) is 26.2 Å². The lowest BCUT2D eigenvalue weighted by Gasteiger charge is -2.34. The Morgan fingerprint density at radius 2 is 1.67 bits per heavy atom. The maximum atomic E-state index is 12.5. The standard InChI is InChI=1S/C15H18Cl2N4O3/c1-9(2)18-13(22)15(24)21-7-5-20(6-8-21)14(23)12-10(16)3-4-11(17)19-12/h3-4,9H,5-8H2,1-2H3,(H,18,22). The molecule has 1 aliphatic rings. The van der Waals surface area contributed by atoms with Gasteiger partial charge in [0.15, 0.2) is 0 Å². The van der Waals surface area contributed by atoms with Crippen LogP contribution in [-0.4, -0.2) is 64.7 Å². The van der Waals surface area contributed by atoms with Crippen molar-refractivity contribution in [2.45, 2.75) is 19.9 Å². The van der Waals surface area contributed by atoms with E-state index in [4.69, 9.17) is 23.2 Å². The van der Waals surface area contributed by atoms with Crippen LogP contribution in [0.4, 0.5) is 0 Å². The molecule has 0 atom stereocenters. The highest BCUT2D eigenvalue weighted by Gasteiger charge is 2.29. The molecule has 1 aromatic heterocycles. The Bertz CT molecular complexity index is 658. The number of piperazine rings is 1. The maximum absolute atomic E-state index is 12.5. The average molecular weight is 373 g/mol. The molecule has 0 spiro atoms. The zero-order chi connectivity index (χ0) is 17.9. The Kier molecular flexibility index (Phi) is 6.01. The van der Waals surface area contributed by atoms with Crippen molar-refractivity contribution in [2.24, 2.45) is 0 Å². The normalized spacial score (nSPS) is 14.7. The van der Waals surface area contributed by atoms with Crippen LogP contribution in [0, 0.1) is 0 Å². The summed E-state index contributed by atoms with van der Waals surface area (Å²) in [5.41, 5.74) is 0.0847. The number of nitrogens with one attached hydrogen (secondary N) is 1. The van der Waals surface area contributed by atoms with E-state index in [1.807, 2.05) is 0 Å². The van der Waals surface area contributed by atoms with E-state index in [0.717, 1.165) is 0 Å². The van der Waals surface area contributed by atoms with Gasteiger partial charge in [-0.25, -0.2) is 4.98 Å². The van der Waals surface area contributed by atoms with E-state index in [1.54, 1.807) is 13.8 Å². The third kappa shape index (κ3) is 4.36. The molecule has 2 heterocycles. The molecule has 0 radical (unpaired) electrons. The Hall–Kier alpha value is -1.86. The molecule has 0 bridgehead atoms. The van der Waals surface area contributed by atoms with Gasteiger partial charge in [-0.15, -0.1) is 0 Å². The number of nitrogens with zero attached hydrogens (tertiary/aromatic N) is 3. The second-order valence-electron chi connectivity index (χ2n) is 5.68. The Morgan fingerprint density at radius 1 is 1.08 bits per heavy atom. The summed E-state index contributed by atoms with van der Waals surface area (Å²) >= 11 is 11.8. The average Bonchev–Trinajstić information content (AvgIpc) is 2.55. The first-order valence-corrected chi connectivity index (χ1v) is 8.26. The number of halogens is 2. The van der Waals surface area contributed by atoms with Gasteiger partial charge >= 0.3 is 11.8 Å². The molecule has 0 aliphatic carbocycles. The molecule has 1 saturated heterocycles. The molecular weight excluding hydrogens is 355 g/mol. The van der Waals surface area contributed by atoms with Crippen molar-refractivity contribution in [1.29, 1.82) is 0 Å². The second kappa shape index (κ2) is 7.81. The van der Waals surface area contributed by atoms with E-state index in [9.17, 15) is 14.4 Å². The molecule has 3 amide bonds. The lowest BCUT2D eigenvalue weighted by atomic mass is 10.2. The summed E-state index contributed by atoms with van der Waals surface area (Å²) in [6.45, 7) is 4.70. The minimum atomic E-state index is -0.635. The van der Waals surface area contributed by atoms with Gasteiger partial charge in [0.25, 0.3) is 5.91 Å². The molecule has 0 unspecified atom stereocenters. The topological polar surface area (TPSA) is 82.6 Å². The summed E-state index contributed by atoms with van der Waals surface area (Å²) < 4.78 is 0. The molecule has 1 aliphatic heterocycles. The van der Waals surface area contributed by atoms with Crippen LogP contribution in [-0.2, 0) is 9.59 Å². The number of aromatic nitrogens is 1. The van der Waals surface area contributed by atoms with E-state index in [1.165, 1.54) is 21.9 Å². The Morgan fingerprint density at radius 3 is 2.25 bits per heavy atom. The number of carbonyl (C=O) groups is 3. The smallest absolute Gasteiger partial charge is 0.312 e. The molecule has 7 nitrogen and oxygen atoms in total. The third-order valence-corrected chi connectivity index (χ3v) is 4.00. The number of hydrogen-bond donors (Lipinski definition) is 1. The molecule has 0 aromatic carbocycles. The Labute approximate surface area is 149 Å². The molecule has 2 rings (SSSR count). The number of amides is 3. The number of hydrogen-bond acceptors (Lipinski definition) is 4. The van der Waals surface area contributed by atoms with E-state index in [-0.39, 0.29) is 40.9 Å². The third-order valence-electron chi connectivity index (χ3n) is 3.48. The second-order valence-corrected chi connectivity index (χ2v) is 6.47. The van der Waals surface area contributed by atoms with Crippen LogP contribution >= 0.6 is 23.2 Å². The predicted octanol–water partition coefficient (Wildman–Crippen LogP) is 1.20. The molecule has 0 saturated carbocycles. The predicted molar refractivity (Wildman–Crippen MR) is 90.0 cm³/mol. The summed E-state index contributed by atoms with van der Waals surface area (Å²) in [4.78, 5) is 43.2. The van der Waals surface area contributed by atoms with Crippen LogP contribution in [0.25, 0.3) is 0 Å². The fourth-order valence-electron chi connectivity index (χ4n) is 2.30. The summed E-state index contributed by atoms with van der Waals surface area (Å²) in [6.07, 6.45) is 0. The summed E-state index contributed by atoms with van der Waals surface area (Å²) in [5, 5.41) is 2.96. The first kappa shape index (κ1) is 18.5. The van der Waals surface area contributed by atoms with E-state index in [0.29, 0.717) is 13.1 Å². The van der Waals surface area contributed by atoms with Crippen LogP contribution < -0.4 is 5.32 Å². The molecule has 9 heteroatoms. The van der Waals surface area contributed by atoms with Crippen LogP contribution in [0.2, 0.25) is 10.2 Å². The Balaban J connectivity index is 1.97. The first-order valence-electron chi connectivity index (χ1n) is 7.50. The van der Waals surface area contributed by atoms with Gasteiger partial charge in [-0.1, -0.05) is 23.2 Å². The highest BCUT2D eigenvalue weighted by Crippen LogP contribution is 2.19. The molecule has 130 valence electrons. The molecule has 1 aromatic rings. The van der Waals surface area contributed by atoms with Crippen molar-refractivity contribution >= 4 is 40.9 Å².